The predicted octanol–water partition coefficient (Wildman–Crippen LogP) is 7.95. The third-order valence-electron chi connectivity index (χ3n) is 5.79. The summed E-state index contributed by atoms with van der Waals surface area (Å²) in [5.41, 5.74) is -0.634. The van der Waals surface area contributed by atoms with E-state index in [4.69, 9.17) is 9.47 Å². The lowest BCUT2D eigenvalue weighted by atomic mass is 10.0. The van der Waals surface area contributed by atoms with Crippen LogP contribution in [0.2, 0.25) is 0 Å². The van der Waals surface area contributed by atoms with Crippen molar-refractivity contribution >= 4 is 11.9 Å². The van der Waals surface area contributed by atoms with Crippen LogP contribution in [0.1, 0.15) is 115 Å². The molecule has 0 fully saturated rings. The maximum absolute atomic E-state index is 13.5. The average molecular weight is 487 g/mol. The standard InChI is InChI=1S/C27H41F3O4/c1-2-3-4-5-6-7-8-9-10-11-12-13-14-20-33-25(31)16-15-17-26(32)34-21-22-23(28)18-19-24(29)27(22)30/h18-19H,2-17,20-21H2,1H3. The first-order valence-corrected chi connectivity index (χ1v) is 12.9. The summed E-state index contributed by atoms with van der Waals surface area (Å²) in [6.07, 6.45) is 16.4. The molecule has 4 nitrogen and oxygen atoms in total. The van der Waals surface area contributed by atoms with E-state index in [1.807, 2.05) is 0 Å². The number of hydrogen-bond donors (Lipinski definition) is 0. The Morgan fingerprint density at radius 2 is 1.12 bits per heavy atom. The van der Waals surface area contributed by atoms with Gasteiger partial charge in [0.2, 0.25) is 0 Å². The van der Waals surface area contributed by atoms with Crippen molar-refractivity contribution in [1.29, 1.82) is 0 Å². The van der Waals surface area contributed by atoms with Crippen molar-refractivity contribution in [3.05, 3.63) is 35.1 Å². The molecule has 0 aliphatic carbocycles. The molecule has 0 saturated carbocycles. The number of carbonyl (C=O) groups excluding carboxylic acids is 2. The summed E-state index contributed by atoms with van der Waals surface area (Å²) in [4.78, 5) is 23.4. The van der Waals surface area contributed by atoms with Gasteiger partial charge in [0, 0.05) is 12.8 Å². The minimum atomic E-state index is -1.37. The molecule has 0 radical (unpaired) electrons. The van der Waals surface area contributed by atoms with Crippen molar-refractivity contribution in [3.8, 4) is 0 Å². The molecule has 0 aliphatic heterocycles. The summed E-state index contributed by atoms with van der Waals surface area (Å²) in [6, 6.07) is 1.44. The van der Waals surface area contributed by atoms with Gasteiger partial charge in [-0.25, -0.2) is 13.2 Å². The van der Waals surface area contributed by atoms with Gasteiger partial charge in [0.25, 0.3) is 0 Å². The molecule has 1 rings (SSSR count). The van der Waals surface area contributed by atoms with Crippen LogP contribution in [0.25, 0.3) is 0 Å². The molecule has 0 atom stereocenters. The zero-order valence-corrected chi connectivity index (χ0v) is 20.6. The zero-order chi connectivity index (χ0) is 25.0. The molecule has 0 N–H and O–H groups in total. The van der Waals surface area contributed by atoms with Crippen molar-refractivity contribution < 1.29 is 32.2 Å². The van der Waals surface area contributed by atoms with Crippen molar-refractivity contribution in [1.82, 2.24) is 0 Å². The van der Waals surface area contributed by atoms with Crippen molar-refractivity contribution in [3.63, 3.8) is 0 Å². The van der Waals surface area contributed by atoms with Gasteiger partial charge >= 0.3 is 11.9 Å². The fourth-order valence-corrected chi connectivity index (χ4v) is 3.68. The van der Waals surface area contributed by atoms with Gasteiger partial charge in [0.15, 0.2) is 11.6 Å². The number of esters is 2. The summed E-state index contributed by atoms with van der Waals surface area (Å²) in [5.74, 6) is -4.66. The summed E-state index contributed by atoms with van der Waals surface area (Å²) in [5, 5.41) is 0. The predicted molar refractivity (Wildman–Crippen MR) is 127 cm³/mol. The molecule has 0 amide bonds. The van der Waals surface area contributed by atoms with E-state index in [-0.39, 0.29) is 25.2 Å². The van der Waals surface area contributed by atoms with Crippen molar-refractivity contribution in [2.75, 3.05) is 6.61 Å². The Morgan fingerprint density at radius 3 is 1.68 bits per heavy atom. The van der Waals surface area contributed by atoms with E-state index in [2.05, 4.69) is 6.92 Å². The van der Waals surface area contributed by atoms with Crippen molar-refractivity contribution in [2.24, 2.45) is 0 Å². The van der Waals surface area contributed by atoms with E-state index < -0.39 is 35.6 Å². The van der Waals surface area contributed by atoms with Gasteiger partial charge in [-0.2, -0.15) is 0 Å². The Kier molecular flexibility index (Phi) is 17.0. The lowest BCUT2D eigenvalue weighted by Crippen LogP contribution is -2.10. The first-order chi connectivity index (χ1) is 16.5. The lowest BCUT2D eigenvalue weighted by Gasteiger charge is -2.08. The number of carbonyl (C=O) groups is 2. The van der Waals surface area contributed by atoms with Crippen molar-refractivity contribution in [2.45, 2.75) is 116 Å². The van der Waals surface area contributed by atoms with E-state index in [1.165, 1.54) is 64.2 Å². The Bertz CT molecular complexity index is 709. The second kappa shape index (κ2) is 19.3. The second-order valence-electron chi connectivity index (χ2n) is 8.80. The second-order valence-corrected chi connectivity index (χ2v) is 8.80. The molecule has 194 valence electrons. The highest BCUT2D eigenvalue weighted by Crippen LogP contribution is 2.17. The van der Waals surface area contributed by atoms with Gasteiger partial charge in [0.1, 0.15) is 12.4 Å². The number of halogens is 3. The molecule has 0 saturated heterocycles. The molecule has 0 aromatic heterocycles. The Labute approximate surface area is 202 Å². The molecule has 0 unspecified atom stereocenters. The van der Waals surface area contributed by atoms with Crippen LogP contribution in [-0.2, 0) is 25.7 Å². The van der Waals surface area contributed by atoms with Crippen LogP contribution in [0.5, 0.6) is 0 Å². The summed E-state index contributed by atoms with van der Waals surface area (Å²) < 4.78 is 50.1. The number of ether oxygens (including phenoxy) is 2. The highest BCUT2D eigenvalue weighted by atomic mass is 19.2. The molecular formula is C27H41F3O4. The first-order valence-electron chi connectivity index (χ1n) is 12.9. The Balaban J connectivity index is 1.94. The summed E-state index contributed by atoms with van der Waals surface area (Å²) >= 11 is 0. The highest BCUT2D eigenvalue weighted by molar-refractivity contribution is 5.72. The zero-order valence-electron chi connectivity index (χ0n) is 20.6. The van der Waals surface area contributed by atoms with E-state index >= 15 is 0 Å². The molecular weight excluding hydrogens is 445 g/mol. The monoisotopic (exact) mass is 486 g/mol. The van der Waals surface area contributed by atoms with E-state index in [9.17, 15) is 22.8 Å². The first kappa shape index (κ1) is 30.0. The van der Waals surface area contributed by atoms with Crippen LogP contribution >= 0.6 is 0 Å². The molecule has 0 spiro atoms. The maximum Gasteiger partial charge on any atom is 0.306 e. The van der Waals surface area contributed by atoms with E-state index in [0.29, 0.717) is 12.7 Å². The average Bonchev–Trinajstić information content (AvgIpc) is 2.81. The molecule has 1 aromatic rings. The van der Waals surface area contributed by atoms with Gasteiger partial charge in [-0.05, 0) is 25.0 Å². The van der Waals surface area contributed by atoms with E-state index in [0.717, 1.165) is 25.3 Å². The molecule has 0 heterocycles. The van der Waals surface area contributed by atoms with E-state index in [1.54, 1.807) is 0 Å². The minimum Gasteiger partial charge on any atom is -0.466 e. The summed E-state index contributed by atoms with van der Waals surface area (Å²) in [6.45, 7) is 1.92. The SMILES string of the molecule is CCCCCCCCCCCCCCCOC(=O)CCCC(=O)OCc1c(F)ccc(F)c1F. The van der Waals surface area contributed by atoms with Gasteiger partial charge in [0.05, 0.1) is 12.2 Å². The smallest absolute Gasteiger partial charge is 0.306 e. The Morgan fingerprint density at radius 1 is 0.647 bits per heavy atom. The largest absolute Gasteiger partial charge is 0.466 e. The quantitative estimate of drug-likeness (QED) is 0.107. The number of benzene rings is 1. The lowest BCUT2D eigenvalue weighted by molar-refractivity contribution is -0.146. The molecule has 7 heteroatoms. The number of unbranched alkanes of at least 4 members (excludes halogenated alkanes) is 12. The fourth-order valence-electron chi connectivity index (χ4n) is 3.68. The molecule has 0 bridgehead atoms. The minimum absolute atomic E-state index is 0.0657. The molecule has 1 aromatic carbocycles. The van der Waals surface area contributed by atoms with Gasteiger partial charge in [-0.3, -0.25) is 9.59 Å². The summed E-state index contributed by atoms with van der Waals surface area (Å²) in [7, 11) is 0. The number of hydrogen-bond acceptors (Lipinski definition) is 4. The highest BCUT2D eigenvalue weighted by Gasteiger charge is 2.16. The topological polar surface area (TPSA) is 52.6 Å². The van der Waals surface area contributed by atoms with Gasteiger partial charge in [-0.15, -0.1) is 0 Å². The van der Waals surface area contributed by atoms with Crippen LogP contribution in [0.3, 0.4) is 0 Å². The van der Waals surface area contributed by atoms with Crippen LogP contribution < -0.4 is 0 Å². The van der Waals surface area contributed by atoms with Gasteiger partial charge in [-0.1, -0.05) is 84.0 Å². The molecule has 34 heavy (non-hydrogen) atoms. The van der Waals surface area contributed by atoms with Crippen LogP contribution in [0.4, 0.5) is 13.2 Å². The van der Waals surface area contributed by atoms with Crippen LogP contribution in [0, 0.1) is 17.5 Å². The van der Waals surface area contributed by atoms with Gasteiger partial charge < -0.3 is 9.47 Å². The number of rotatable bonds is 20. The van der Waals surface area contributed by atoms with Crippen LogP contribution in [-0.4, -0.2) is 18.5 Å². The maximum atomic E-state index is 13.5. The Hall–Kier alpha value is -2.05. The van der Waals surface area contributed by atoms with Crippen LogP contribution in [0.15, 0.2) is 12.1 Å². The molecule has 0 aliphatic rings. The third-order valence-corrected chi connectivity index (χ3v) is 5.79. The normalized spacial score (nSPS) is 10.9. The fraction of sp³-hybridized carbons (Fsp3) is 0.704. The third kappa shape index (κ3) is 14.3.